The number of nitrogens with zero attached hydrogens (tertiary/aromatic N) is 1. The molecule has 32 heavy (non-hydrogen) atoms. The molecular weight excluding hydrogens is 406 g/mol. The molecule has 0 spiro atoms. The van der Waals surface area contributed by atoms with Gasteiger partial charge in [0.05, 0.1) is 24.6 Å². The van der Waals surface area contributed by atoms with E-state index in [1.165, 1.54) is 0 Å². The summed E-state index contributed by atoms with van der Waals surface area (Å²) < 4.78 is 6.30. The van der Waals surface area contributed by atoms with Crippen LogP contribution in [0, 0.1) is 5.92 Å². The van der Waals surface area contributed by atoms with E-state index < -0.39 is 11.2 Å². The molecule has 7 heteroatoms. The van der Waals surface area contributed by atoms with Crippen LogP contribution >= 0.6 is 0 Å². The van der Waals surface area contributed by atoms with E-state index in [2.05, 4.69) is 24.1 Å². The molecular formula is C25H31N3O4. The minimum atomic E-state index is -0.513. The van der Waals surface area contributed by atoms with Crippen molar-refractivity contribution in [1.82, 2.24) is 14.9 Å². The number of nitrogens with one attached hydrogen (secondary N) is 2. The Hall–Kier alpha value is -3.35. The number of hydrogen-bond donors (Lipinski definition) is 2. The fraction of sp³-hybridized carbons (Fsp3) is 0.400. The number of carbonyl (C=O) groups excluding carboxylic acids is 1. The van der Waals surface area contributed by atoms with E-state index in [-0.39, 0.29) is 12.5 Å². The van der Waals surface area contributed by atoms with Crippen molar-refractivity contribution in [3.63, 3.8) is 0 Å². The van der Waals surface area contributed by atoms with Crippen LogP contribution in [-0.4, -0.2) is 29.1 Å². The Balaban J connectivity index is 1.80. The number of hydrogen-bond acceptors (Lipinski definition) is 4. The predicted octanol–water partition coefficient (Wildman–Crippen LogP) is 3.69. The summed E-state index contributed by atoms with van der Waals surface area (Å²) in [4.78, 5) is 40.9. The van der Waals surface area contributed by atoms with Crippen molar-refractivity contribution in [2.75, 3.05) is 13.7 Å². The van der Waals surface area contributed by atoms with Gasteiger partial charge in [-0.2, -0.15) is 0 Å². The highest BCUT2D eigenvalue weighted by Gasteiger charge is 2.13. The molecule has 0 radical (unpaired) electrons. The van der Waals surface area contributed by atoms with Crippen molar-refractivity contribution in [2.24, 2.45) is 5.92 Å². The standard InChI is InChI=1S/C25H31N3O4/c1-4-6-7-17(5-2)15-26-23(29)19-10-13-21-22(14-19)27-25(31)28(24(21)30)16-18-8-11-20(32-3)12-9-18/h8-14,17H,4-7,15-16H2,1-3H3,(H,26,29)(H,27,31)/t17-/m1/s1. The van der Waals surface area contributed by atoms with E-state index in [1.54, 1.807) is 37.4 Å². The molecule has 3 rings (SSSR count). The number of aromatic amines is 1. The monoisotopic (exact) mass is 437 g/mol. The lowest BCUT2D eigenvalue weighted by Gasteiger charge is -2.15. The molecule has 170 valence electrons. The van der Waals surface area contributed by atoms with Crippen molar-refractivity contribution >= 4 is 16.8 Å². The highest BCUT2D eigenvalue weighted by atomic mass is 16.5. The van der Waals surface area contributed by atoms with Crippen LogP contribution in [0.3, 0.4) is 0 Å². The minimum Gasteiger partial charge on any atom is -0.497 e. The van der Waals surface area contributed by atoms with Gasteiger partial charge in [-0.3, -0.25) is 14.2 Å². The van der Waals surface area contributed by atoms with Crippen molar-refractivity contribution in [1.29, 1.82) is 0 Å². The van der Waals surface area contributed by atoms with Gasteiger partial charge in [-0.25, -0.2) is 4.79 Å². The summed E-state index contributed by atoms with van der Waals surface area (Å²) in [5.41, 5.74) is 0.684. The average Bonchev–Trinajstić information content (AvgIpc) is 2.81. The number of fused-ring (bicyclic) bond motifs is 1. The van der Waals surface area contributed by atoms with Crippen LogP contribution in [0.2, 0.25) is 0 Å². The van der Waals surface area contributed by atoms with Crippen LogP contribution in [-0.2, 0) is 6.54 Å². The fourth-order valence-corrected chi connectivity index (χ4v) is 3.74. The average molecular weight is 438 g/mol. The molecule has 2 N–H and O–H groups in total. The number of methoxy groups -OCH3 is 1. The lowest BCUT2D eigenvalue weighted by molar-refractivity contribution is 0.0946. The second kappa shape index (κ2) is 10.8. The number of H-pyrrole nitrogens is 1. The van der Waals surface area contributed by atoms with Crippen LogP contribution < -0.4 is 21.3 Å². The first-order valence-electron chi connectivity index (χ1n) is 11.1. The molecule has 0 aliphatic carbocycles. The van der Waals surface area contributed by atoms with Gasteiger partial charge >= 0.3 is 5.69 Å². The highest BCUT2D eigenvalue weighted by molar-refractivity contribution is 5.97. The van der Waals surface area contributed by atoms with Crippen LogP contribution in [0.5, 0.6) is 5.75 Å². The molecule has 1 amide bonds. The molecule has 1 atom stereocenters. The van der Waals surface area contributed by atoms with Crippen LogP contribution in [0.1, 0.15) is 55.5 Å². The Morgan fingerprint density at radius 1 is 1.12 bits per heavy atom. The van der Waals surface area contributed by atoms with Gasteiger partial charge in [-0.05, 0) is 48.2 Å². The first kappa shape index (κ1) is 23.3. The molecule has 0 aliphatic rings. The number of amides is 1. The third-order valence-corrected chi connectivity index (χ3v) is 5.84. The van der Waals surface area contributed by atoms with Gasteiger partial charge in [0.2, 0.25) is 0 Å². The van der Waals surface area contributed by atoms with Crippen LogP contribution in [0.25, 0.3) is 10.9 Å². The van der Waals surface area contributed by atoms with E-state index in [0.717, 1.165) is 35.8 Å². The van der Waals surface area contributed by atoms with Gasteiger partial charge in [0, 0.05) is 12.1 Å². The van der Waals surface area contributed by atoms with Crippen LogP contribution in [0.15, 0.2) is 52.1 Å². The van der Waals surface area contributed by atoms with E-state index in [1.807, 2.05) is 12.1 Å². The normalized spacial score (nSPS) is 12.0. The Morgan fingerprint density at radius 2 is 1.88 bits per heavy atom. The van der Waals surface area contributed by atoms with E-state index >= 15 is 0 Å². The van der Waals surface area contributed by atoms with Gasteiger partial charge < -0.3 is 15.0 Å². The number of aromatic nitrogens is 2. The molecule has 0 aliphatic heterocycles. The summed E-state index contributed by atoms with van der Waals surface area (Å²) in [6, 6.07) is 12.0. The van der Waals surface area contributed by atoms with Crippen molar-refractivity contribution in [3.8, 4) is 5.75 Å². The summed E-state index contributed by atoms with van der Waals surface area (Å²) in [5, 5.41) is 3.35. The summed E-state index contributed by atoms with van der Waals surface area (Å²) >= 11 is 0. The fourth-order valence-electron chi connectivity index (χ4n) is 3.74. The summed E-state index contributed by atoms with van der Waals surface area (Å²) in [7, 11) is 1.58. The Labute approximate surface area is 187 Å². The van der Waals surface area contributed by atoms with E-state index in [4.69, 9.17) is 4.74 Å². The number of ether oxygens (including phenoxy) is 1. The minimum absolute atomic E-state index is 0.145. The van der Waals surface area contributed by atoms with Gasteiger partial charge in [0.15, 0.2) is 0 Å². The first-order chi connectivity index (χ1) is 15.5. The predicted molar refractivity (Wildman–Crippen MR) is 127 cm³/mol. The topological polar surface area (TPSA) is 93.2 Å². The van der Waals surface area contributed by atoms with Gasteiger partial charge in [0.1, 0.15) is 5.75 Å². The van der Waals surface area contributed by atoms with Crippen molar-refractivity contribution < 1.29 is 9.53 Å². The summed E-state index contributed by atoms with van der Waals surface area (Å²) in [5.74, 6) is 0.948. The second-order valence-electron chi connectivity index (χ2n) is 8.06. The molecule has 3 aromatic rings. The number of benzene rings is 2. The lowest BCUT2D eigenvalue weighted by Crippen LogP contribution is -2.35. The molecule has 2 aromatic carbocycles. The number of unbranched alkanes of at least 4 members (excludes halogenated alkanes) is 1. The SMILES string of the molecule is CCCC[C@@H](CC)CNC(=O)c1ccc2c(=O)n(Cc3ccc(OC)cc3)c(=O)[nH]c2c1. The third-order valence-electron chi connectivity index (χ3n) is 5.84. The number of rotatable bonds is 10. The maximum Gasteiger partial charge on any atom is 0.329 e. The van der Waals surface area contributed by atoms with Gasteiger partial charge in [-0.15, -0.1) is 0 Å². The smallest absolute Gasteiger partial charge is 0.329 e. The molecule has 0 saturated carbocycles. The third kappa shape index (κ3) is 5.46. The molecule has 0 bridgehead atoms. The Kier molecular flexibility index (Phi) is 7.87. The zero-order valence-corrected chi connectivity index (χ0v) is 18.9. The first-order valence-corrected chi connectivity index (χ1v) is 11.1. The van der Waals surface area contributed by atoms with E-state index in [0.29, 0.717) is 34.7 Å². The Bertz CT molecular complexity index is 1180. The largest absolute Gasteiger partial charge is 0.497 e. The zero-order chi connectivity index (χ0) is 23.1. The lowest BCUT2D eigenvalue weighted by atomic mass is 9.99. The van der Waals surface area contributed by atoms with Crippen molar-refractivity contribution in [3.05, 3.63) is 74.4 Å². The second-order valence-corrected chi connectivity index (χ2v) is 8.06. The van der Waals surface area contributed by atoms with Gasteiger partial charge in [-0.1, -0.05) is 45.2 Å². The Morgan fingerprint density at radius 3 is 2.53 bits per heavy atom. The summed E-state index contributed by atoms with van der Waals surface area (Å²) in [6.07, 6.45) is 4.39. The van der Waals surface area contributed by atoms with Crippen molar-refractivity contribution in [2.45, 2.75) is 46.1 Å². The zero-order valence-electron chi connectivity index (χ0n) is 18.9. The molecule has 0 saturated heterocycles. The van der Waals surface area contributed by atoms with Gasteiger partial charge in [0.25, 0.3) is 11.5 Å². The molecule has 0 fully saturated rings. The molecule has 7 nitrogen and oxygen atoms in total. The van der Waals surface area contributed by atoms with E-state index in [9.17, 15) is 14.4 Å². The highest BCUT2D eigenvalue weighted by Crippen LogP contribution is 2.14. The quantitative estimate of drug-likeness (QED) is 0.506. The maximum atomic E-state index is 12.9. The summed E-state index contributed by atoms with van der Waals surface area (Å²) in [6.45, 7) is 5.05. The number of carbonyl (C=O) groups is 1. The molecule has 1 aromatic heterocycles. The van der Waals surface area contributed by atoms with Crippen LogP contribution in [0.4, 0.5) is 0 Å². The molecule has 0 unspecified atom stereocenters. The maximum absolute atomic E-state index is 12.9. The molecule has 1 heterocycles.